The molecule has 0 radical (unpaired) electrons. The molecule has 0 saturated heterocycles. The van der Waals surface area contributed by atoms with Gasteiger partial charge in [-0.2, -0.15) is 0 Å². The van der Waals surface area contributed by atoms with Crippen molar-refractivity contribution in [3.05, 3.63) is 63.6 Å². The Labute approximate surface area is 142 Å². The van der Waals surface area contributed by atoms with Gasteiger partial charge in [0.2, 0.25) is 0 Å². The van der Waals surface area contributed by atoms with E-state index in [0.717, 1.165) is 17.7 Å². The molecular weight excluding hydrogens is 345 g/mol. The van der Waals surface area contributed by atoms with Gasteiger partial charge >= 0.3 is 0 Å². The molecule has 23 heavy (non-hydrogen) atoms. The Hall–Kier alpha value is -1.69. The second-order valence-electron chi connectivity index (χ2n) is 5.07. The molecule has 122 valence electrons. The number of halogens is 4. The Balaban J connectivity index is 1.91. The van der Waals surface area contributed by atoms with Crippen LogP contribution in [0.4, 0.5) is 14.5 Å². The van der Waals surface area contributed by atoms with Crippen molar-refractivity contribution >= 4 is 34.8 Å². The van der Waals surface area contributed by atoms with E-state index in [1.54, 1.807) is 23.5 Å². The predicted octanol–water partition coefficient (Wildman–Crippen LogP) is 3.53. The highest BCUT2D eigenvalue weighted by atomic mass is 35.5. The topological polar surface area (TPSA) is 45.7 Å². The maximum absolute atomic E-state index is 13.1. The zero-order valence-electron chi connectivity index (χ0n) is 12.2. The number of benzene rings is 2. The van der Waals surface area contributed by atoms with Crippen LogP contribution < -0.4 is 10.6 Å². The molecular formula is C16H15Cl2F2N2O+. The number of nitrogens with two attached hydrogens (primary N) is 1. The minimum Gasteiger partial charge on any atom is -0.332 e. The summed E-state index contributed by atoms with van der Waals surface area (Å²) in [6, 6.07) is 8.32. The van der Waals surface area contributed by atoms with Crippen LogP contribution in [-0.2, 0) is 4.79 Å². The first kappa shape index (κ1) is 17.7. The number of anilines is 1. The van der Waals surface area contributed by atoms with Gasteiger partial charge in [0.05, 0.1) is 5.02 Å². The number of quaternary nitrogens is 1. The fourth-order valence-corrected chi connectivity index (χ4v) is 2.65. The molecule has 1 amide bonds. The minimum atomic E-state index is -1.01. The van der Waals surface area contributed by atoms with Crippen LogP contribution in [0.3, 0.4) is 0 Å². The van der Waals surface area contributed by atoms with Crippen LogP contribution in [0.5, 0.6) is 0 Å². The van der Waals surface area contributed by atoms with E-state index in [1.807, 2.05) is 6.92 Å². The summed E-state index contributed by atoms with van der Waals surface area (Å²) < 4.78 is 25.9. The Bertz CT molecular complexity index is 725. The van der Waals surface area contributed by atoms with E-state index >= 15 is 0 Å². The molecule has 1 atom stereocenters. The zero-order chi connectivity index (χ0) is 17.0. The standard InChI is InChI=1S/C16H14Cl2F2N2O/c1-9(12-4-2-10(17)6-13(12)18)21-8-16(23)22-11-3-5-14(19)15(20)7-11/h2-7,9,21H,8H2,1H3,(H,22,23)/p+1/t9-/m1/s1. The molecule has 2 aromatic rings. The van der Waals surface area contributed by atoms with Crippen molar-refractivity contribution in [3.8, 4) is 0 Å². The second-order valence-corrected chi connectivity index (χ2v) is 5.92. The van der Waals surface area contributed by atoms with E-state index in [2.05, 4.69) is 5.32 Å². The van der Waals surface area contributed by atoms with E-state index in [0.29, 0.717) is 10.0 Å². The van der Waals surface area contributed by atoms with Crippen LogP contribution in [0.2, 0.25) is 10.0 Å². The maximum Gasteiger partial charge on any atom is 0.279 e. The summed E-state index contributed by atoms with van der Waals surface area (Å²) in [4.78, 5) is 11.9. The van der Waals surface area contributed by atoms with Crippen LogP contribution in [0.25, 0.3) is 0 Å². The molecule has 0 heterocycles. The van der Waals surface area contributed by atoms with Crippen molar-refractivity contribution in [1.82, 2.24) is 0 Å². The van der Waals surface area contributed by atoms with Gasteiger partial charge in [0, 0.05) is 22.3 Å². The molecule has 0 aliphatic heterocycles. The lowest BCUT2D eigenvalue weighted by Crippen LogP contribution is -2.86. The summed E-state index contributed by atoms with van der Waals surface area (Å²) in [5.41, 5.74) is 1.07. The van der Waals surface area contributed by atoms with Gasteiger partial charge < -0.3 is 10.6 Å². The molecule has 0 aliphatic rings. The van der Waals surface area contributed by atoms with Gasteiger partial charge in [-0.3, -0.25) is 4.79 Å². The Morgan fingerprint density at radius 3 is 2.57 bits per heavy atom. The van der Waals surface area contributed by atoms with Crippen LogP contribution in [-0.4, -0.2) is 12.5 Å². The molecule has 2 rings (SSSR count). The normalized spacial score (nSPS) is 12.0. The number of nitrogens with one attached hydrogen (secondary N) is 1. The molecule has 3 N–H and O–H groups in total. The number of carbonyl (C=O) groups excluding carboxylic acids is 1. The Kier molecular flexibility index (Phi) is 5.93. The van der Waals surface area contributed by atoms with Crippen LogP contribution in [0, 0.1) is 11.6 Å². The van der Waals surface area contributed by atoms with Crippen molar-refractivity contribution in [2.75, 3.05) is 11.9 Å². The molecule has 0 saturated carbocycles. The maximum atomic E-state index is 13.1. The zero-order valence-corrected chi connectivity index (χ0v) is 13.8. The van der Waals surface area contributed by atoms with Gasteiger partial charge in [-0.15, -0.1) is 0 Å². The van der Waals surface area contributed by atoms with Gasteiger partial charge in [-0.25, -0.2) is 8.78 Å². The van der Waals surface area contributed by atoms with Gasteiger partial charge in [0.15, 0.2) is 18.2 Å². The van der Waals surface area contributed by atoms with Crippen LogP contribution in [0.15, 0.2) is 36.4 Å². The Morgan fingerprint density at radius 2 is 1.91 bits per heavy atom. The lowest BCUT2D eigenvalue weighted by molar-refractivity contribution is -0.682. The van der Waals surface area contributed by atoms with Crippen molar-refractivity contribution in [1.29, 1.82) is 0 Å². The van der Waals surface area contributed by atoms with Crippen molar-refractivity contribution in [2.24, 2.45) is 0 Å². The fraction of sp³-hybridized carbons (Fsp3) is 0.188. The quantitative estimate of drug-likeness (QED) is 0.842. The third kappa shape index (κ3) is 4.89. The van der Waals surface area contributed by atoms with Crippen LogP contribution >= 0.6 is 23.2 Å². The smallest absolute Gasteiger partial charge is 0.279 e. The highest BCUT2D eigenvalue weighted by Gasteiger charge is 2.15. The first-order valence-corrected chi connectivity index (χ1v) is 7.65. The van der Waals surface area contributed by atoms with Crippen molar-refractivity contribution in [3.63, 3.8) is 0 Å². The molecule has 7 heteroatoms. The summed E-state index contributed by atoms with van der Waals surface area (Å²) in [7, 11) is 0. The molecule has 0 aromatic heterocycles. The van der Waals surface area contributed by atoms with Gasteiger partial charge in [0.1, 0.15) is 6.04 Å². The highest BCUT2D eigenvalue weighted by molar-refractivity contribution is 6.35. The average Bonchev–Trinajstić information content (AvgIpc) is 2.48. The van der Waals surface area contributed by atoms with E-state index in [4.69, 9.17) is 23.2 Å². The van der Waals surface area contributed by atoms with E-state index in [9.17, 15) is 13.6 Å². The number of hydrogen-bond acceptors (Lipinski definition) is 1. The average molecular weight is 360 g/mol. The monoisotopic (exact) mass is 359 g/mol. The lowest BCUT2D eigenvalue weighted by Gasteiger charge is -2.13. The summed E-state index contributed by atoms with van der Waals surface area (Å²) in [6.07, 6.45) is 0. The number of rotatable bonds is 5. The van der Waals surface area contributed by atoms with E-state index in [-0.39, 0.29) is 24.2 Å². The number of amides is 1. The Morgan fingerprint density at radius 1 is 1.17 bits per heavy atom. The number of carbonyl (C=O) groups is 1. The van der Waals surface area contributed by atoms with Crippen LogP contribution in [0.1, 0.15) is 18.5 Å². The summed E-state index contributed by atoms with van der Waals surface area (Å²) >= 11 is 12.0. The molecule has 0 bridgehead atoms. The third-order valence-corrected chi connectivity index (χ3v) is 3.88. The van der Waals surface area contributed by atoms with Gasteiger partial charge in [-0.05, 0) is 31.2 Å². The minimum absolute atomic E-state index is 0.0597. The molecule has 2 aromatic carbocycles. The molecule has 3 nitrogen and oxygen atoms in total. The highest BCUT2D eigenvalue weighted by Crippen LogP contribution is 2.24. The SMILES string of the molecule is C[C@@H]([NH2+]CC(=O)Nc1ccc(F)c(F)c1)c1ccc(Cl)cc1Cl. The molecule has 0 aliphatic carbocycles. The third-order valence-electron chi connectivity index (χ3n) is 3.31. The first-order chi connectivity index (χ1) is 10.9. The van der Waals surface area contributed by atoms with E-state index in [1.165, 1.54) is 6.07 Å². The molecule has 0 spiro atoms. The summed E-state index contributed by atoms with van der Waals surface area (Å²) in [6.45, 7) is 2.01. The largest absolute Gasteiger partial charge is 0.332 e. The molecule has 0 fully saturated rings. The lowest BCUT2D eigenvalue weighted by atomic mass is 10.1. The first-order valence-electron chi connectivity index (χ1n) is 6.90. The number of hydrogen-bond donors (Lipinski definition) is 2. The fourth-order valence-electron chi connectivity index (χ4n) is 2.07. The van der Waals surface area contributed by atoms with Crippen molar-refractivity contribution in [2.45, 2.75) is 13.0 Å². The second kappa shape index (κ2) is 7.73. The van der Waals surface area contributed by atoms with Gasteiger partial charge in [0.25, 0.3) is 5.91 Å². The van der Waals surface area contributed by atoms with Crippen molar-refractivity contribution < 1.29 is 18.9 Å². The van der Waals surface area contributed by atoms with Gasteiger partial charge in [-0.1, -0.05) is 29.3 Å². The van der Waals surface area contributed by atoms with E-state index < -0.39 is 11.6 Å². The summed E-state index contributed by atoms with van der Waals surface area (Å²) in [5.74, 6) is -2.29. The molecule has 0 unspecified atom stereocenters. The summed E-state index contributed by atoms with van der Waals surface area (Å²) in [5, 5.41) is 5.37. The predicted molar refractivity (Wildman–Crippen MR) is 86.7 cm³/mol.